The number of aryl methyl sites for hydroxylation is 1. The molecule has 0 N–H and O–H groups in total. The van der Waals surface area contributed by atoms with Crippen LogP contribution >= 0.6 is 0 Å². The van der Waals surface area contributed by atoms with Crippen molar-refractivity contribution in [2.45, 2.75) is 19.7 Å². The van der Waals surface area contributed by atoms with Crippen molar-refractivity contribution in [2.24, 2.45) is 0 Å². The van der Waals surface area contributed by atoms with E-state index in [-0.39, 0.29) is 25.7 Å². The monoisotopic (exact) mass is 717 g/mol. The normalized spacial score (nSPS) is 13.5. The van der Waals surface area contributed by atoms with Crippen LogP contribution in [0.25, 0.3) is 33.6 Å². The summed E-state index contributed by atoms with van der Waals surface area (Å²) >= 11 is 0. The van der Waals surface area contributed by atoms with E-state index >= 15 is 0 Å². The number of aromatic nitrogens is 2. The minimum Gasteiger partial charge on any atom is -0.305 e. The molecule has 0 aliphatic heterocycles. The molecule has 0 fully saturated rings. The maximum atomic E-state index is 13.2. The second-order valence-corrected chi connectivity index (χ2v) is 9.10. The van der Waals surface area contributed by atoms with E-state index in [9.17, 15) is 4.39 Å². The predicted molar refractivity (Wildman–Crippen MR) is 161 cm³/mol. The van der Waals surface area contributed by atoms with Crippen LogP contribution in [0.5, 0.6) is 0 Å². The Morgan fingerprint density at radius 3 is 2.15 bits per heavy atom. The summed E-state index contributed by atoms with van der Waals surface area (Å²) in [6.07, 6.45) is 3.13. The standard InChI is InChI=1S/C20H17FN.C17H12N.Ir/c1-14-13-22-20(17-8-10-18(21)11-9-17)12-19(14)15(2)16-6-4-3-5-7-16;1-3-7-14(8-4-1)16-11-12-18-17(13-16)15-9-5-2-6-10-15;/h3-8,10-13,15H,1-2H3;1-9,11-13H;/q2*-1;/i1D3,15D;;. The van der Waals surface area contributed by atoms with Crippen molar-refractivity contribution in [2.75, 3.05) is 0 Å². The van der Waals surface area contributed by atoms with Crippen LogP contribution in [0.1, 0.15) is 35.0 Å². The fraction of sp³-hybridized carbons (Fsp3) is 0.0811. The van der Waals surface area contributed by atoms with Gasteiger partial charge in [0.15, 0.2) is 0 Å². The molecule has 2 heterocycles. The molecule has 0 bridgehead atoms. The molecular weight excluding hydrogens is 684 g/mol. The first kappa shape index (κ1) is 24.5. The molecule has 205 valence electrons. The molecule has 0 amide bonds. The van der Waals surface area contributed by atoms with Crippen molar-refractivity contribution in [3.05, 3.63) is 168 Å². The van der Waals surface area contributed by atoms with Crippen molar-refractivity contribution in [1.82, 2.24) is 9.97 Å². The van der Waals surface area contributed by atoms with Gasteiger partial charge in [-0.15, -0.1) is 65.7 Å². The van der Waals surface area contributed by atoms with E-state index in [1.54, 1.807) is 25.1 Å². The third kappa shape index (κ3) is 7.70. The van der Waals surface area contributed by atoms with Gasteiger partial charge in [0.1, 0.15) is 0 Å². The van der Waals surface area contributed by atoms with Crippen LogP contribution in [0.2, 0.25) is 0 Å². The summed E-state index contributed by atoms with van der Waals surface area (Å²) in [5.41, 5.74) is 6.39. The van der Waals surface area contributed by atoms with Gasteiger partial charge in [0.25, 0.3) is 0 Å². The van der Waals surface area contributed by atoms with E-state index in [2.05, 4.69) is 40.3 Å². The zero-order valence-corrected chi connectivity index (χ0v) is 24.7. The van der Waals surface area contributed by atoms with Crippen molar-refractivity contribution in [3.63, 3.8) is 0 Å². The number of halogens is 1. The van der Waals surface area contributed by atoms with Gasteiger partial charge in [0.2, 0.25) is 0 Å². The summed E-state index contributed by atoms with van der Waals surface area (Å²) in [4.78, 5) is 8.62. The maximum absolute atomic E-state index is 13.2. The van der Waals surface area contributed by atoms with Gasteiger partial charge in [0.05, 0.1) is 0 Å². The van der Waals surface area contributed by atoms with Crippen molar-refractivity contribution in [3.8, 4) is 33.6 Å². The van der Waals surface area contributed by atoms with Gasteiger partial charge in [-0.25, -0.2) is 0 Å². The molecule has 41 heavy (non-hydrogen) atoms. The summed E-state index contributed by atoms with van der Waals surface area (Å²) in [5.74, 6) is -1.70. The Morgan fingerprint density at radius 1 is 0.756 bits per heavy atom. The SMILES string of the molecule is [2H]C([2H])([2H])c1cnc(-c2[c-]cc(F)cc2)cc1C([2H])(C)c1ccccc1.[Ir].[c-]1ccccc1-c1cc(-c2ccccc2)ccn1. The second-order valence-electron chi connectivity index (χ2n) is 9.10. The van der Waals surface area contributed by atoms with Crippen LogP contribution in [-0.2, 0) is 20.1 Å². The number of rotatable bonds is 5. The van der Waals surface area contributed by atoms with Gasteiger partial charge >= 0.3 is 0 Å². The topological polar surface area (TPSA) is 25.8 Å². The van der Waals surface area contributed by atoms with E-state index < -0.39 is 18.6 Å². The van der Waals surface area contributed by atoms with Gasteiger partial charge in [-0.1, -0.05) is 79.7 Å². The van der Waals surface area contributed by atoms with Crippen molar-refractivity contribution < 1.29 is 30.0 Å². The summed E-state index contributed by atoms with van der Waals surface area (Å²) < 4.78 is 45.5. The Balaban J connectivity index is 0.000000213. The van der Waals surface area contributed by atoms with Crippen LogP contribution in [-0.4, -0.2) is 9.97 Å². The van der Waals surface area contributed by atoms with Crippen LogP contribution in [0.15, 0.2) is 134 Å². The molecule has 1 radical (unpaired) electrons. The minimum absolute atomic E-state index is 0. The Kier molecular flexibility index (Phi) is 8.63. The van der Waals surface area contributed by atoms with Crippen LogP contribution < -0.4 is 0 Å². The van der Waals surface area contributed by atoms with Gasteiger partial charge in [-0.05, 0) is 52.1 Å². The fourth-order valence-corrected chi connectivity index (χ4v) is 4.26. The van der Waals surface area contributed by atoms with Crippen LogP contribution in [0, 0.1) is 24.8 Å². The van der Waals surface area contributed by atoms with E-state index in [0.29, 0.717) is 22.4 Å². The fourth-order valence-electron chi connectivity index (χ4n) is 4.26. The molecule has 4 heteroatoms. The maximum Gasteiger partial charge on any atom is 0.0399 e. The molecule has 1 atom stereocenters. The van der Waals surface area contributed by atoms with E-state index in [4.69, 9.17) is 5.48 Å². The zero-order valence-electron chi connectivity index (χ0n) is 26.3. The third-order valence-electron chi connectivity index (χ3n) is 6.42. The predicted octanol–water partition coefficient (Wildman–Crippen LogP) is 9.36. The average molecular weight is 717 g/mol. The number of nitrogens with zero attached hydrogens (tertiary/aromatic N) is 2. The number of hydrogen-bond donors (Lipinski definition) is 0. The Labute approximate surface area is 261 Å². The molecule has 6 rings (SSSR count). The van der Waals surface area contributed by atoms with Crippen LogP contribution in [0.3, 0.4) is 0 Å². The molecule has 4 aromatic carbocycles. The summed E-state index contributed by atoms with van der Waals surface area (Å²) in [5, 5.41) is 0. The van der Waals surface area contributed by atoms with E-state index in [1.807, 2.05) is 72.9 Å². The average Bonchev–Trinajstić information content (AvgIpc) is 3.06. The van der Waals surface area contributed by atoms with Crippen molar-refractivity contribution >= 4 is 0 Å². The first-order valence-electron chi connectivity index (χ1n) is 14.9. The molecule has 0 spiro atoms. The molecule has 0 saturated heterocycles. The summed E-state index contributed by atoms with van der Waals surface area (Å²) in [6, 6.07) is 43.0. The Morgan fingerprint density at radius 2 is 1.46 bits per heavy atom. The van der Waals surface area contributed by atoms with Gasteiger partial charge in [0, 0.05) is 49.7 Å². The number of pyridine rings is 2. The third-order valence-corrected chi connectivity index (χ3v) is 6.42. The molecular formula is C37H29FIrN2-2. The molecule has 0 aliphatic rings. The molecule has 6 aromatic rings. The van der Waals surface area contributed by atoms with Gasteiger partial charge in [-0.2, -0.15) is 0 Å². The smallest absolute Gasteiger partial charge is 0.0399 e. The van der Waals surface area contributed by atoms with E-state index in [1.165, 1.54) is 35.5 Å². The van der Waals surface area contributed by atoms with Crippen LogP contribution in [0.4, 0.5) is 4.39 Å². The molecule has 0 saturated carbocycles. The first-order valence-corrected chi connectivity index (χ1v) is 12.9. The Hall–Kier alpha value is -4.24. The molecule has 2 aromatic heterocycles. The Bertz CT molecular complexity index is 1760. The molecule has 2 nitrogen and oxygen atoms in total. The number of benzene rings is 4. The summed E-state index contributed by atoms with van der Waals surface area (Å²) in [7, 11) is 0. The second kappa shape index (κ2) is 14.4. The zero-order chi connectivity index (χ0) is 31.2. The number of hydrogen-bond acceptors (Lipinski definition) is 2. The van der Waals surface area contributed by atoms with Gasteiger partial charge in [-0.3, -0.25) is 4.39 Å². The summed E-state index contributed by atoms with van der Waals surface area (Å²) in [6.45, 7) is -0.741. The minimum atomic E-state index is -2.40. The largest absolute Gasteiger partial charge is 0.305 e. The van der Waals surface area contributed by atoms with E-state index in [0.717, 1.165) is 11.3 Å². The van der Waals surface area contributed by atoms with Crippen molar-refractivity contribution in [1.29, 1.82) is 0 Å². The quantitative estimate of drug-likeness (QED) is 0.166. The molecule has 0 aliphatic carbocycles. The van der Waals surface area contributed by atoms with Gasteiger partial charge < -0.3 is 9.97 Å². The molecule has 1 unspecified atom stereocenters. The first-order chi connectivity index (χ1) is 21.1.